The lowest BCUT2D eigenvalue weighted by Gasteiger charge is -2.25. The van der Waals surface area contributed by atoms with Crippen LogP contribution in [0.15, 0.2) is 0 Å². The van der Waals surface area contributed by atoms with Gasteiger partial charge in [0.2, 0.25) is 17.8 Å². The second-order valence-electron chi connectivity index (χ2n) is 4.75. The molecule has 2 heterocycles. The van der Waals surface area contributed by atoms with Gasteiger partial charge < -0.3 is 14.9 Å². The third-order valence-electron chi connectivity index (χ3n) is 3.63. The van der Waals surface area contributed by atoms with Crippen LogP contribution in [-0.4, -0.2) is 52.3 Å². The Labute approximate surface area is 119 Å². The van der Waals surface area contributed by atoms with Gasteiger partial charge in [-0.1, -0.05) is 0 Å². The molecule has 1 aromatic heterocycles. The van der Waals surface area contributed by atoms with Crippen LogP contribution in [0, 0.1) is 0 Å². The van der Waals surface area contributed by atoms with E-state index in [1.807, 2.05) is 9.80 Å². The molecule has 1 fully saturated rings. The van der Waals surface area contributed by atoms with Crippen LogP contribution in [0.5, 0.6) is 0 Å². The second-order valence-corrected chi connectivity index (χ2v) is 4.75. The number of hydrazine groups is 1. The molecule has 0 saturated carbocycles. The highest BCUT2D eigenvalue weighted by atomic mass is 16.3. The van der Waals surface area contributed by atoms with Crippen LogP contribution in [-0.2, 0) is 0 Å². The first kappa shape index (κ1) is 14.7. The summed E-state index contributed by atoms with van der Waals surface area (Å²) in [5.41, 5.74) is 2.49. The molecule has 1 aliphatic heterocycles. The van der Waals surface area contributed by atoms with Crippen molar-refractivity contribution in [1.29, 1.82) is 0 Å². The van der Waals surface area contributed by atoms with Crippen molar-refractivity contribution in [2.75, 3.05) is 41.5 Å². The maximum absolute atomic E-state index is 9.43. The molecule has 0 aromatic carbocycles. The lowest BCUT2D eigenvalue weighted by molar-refractivity contribution is 0.265. The standard InChI is InChI=1S/C12H23N7O/c1-3-18(4-2)11-14-10(17-13)15-12(16-11)19-7-5-6-9(19)8-20/h9,20H,3-8,13H2,1-2H3,(H,14,15,16,17). The zero-order valence-electron chi connectivity index (χ0n) is 12.1. The Balaban J connectivity index is 2.34. The number of hydrogen-bond donors (Lipinski definition) is 3. The van der Waals surface area contributed by atoms with Gasteiger partial charge in [-0.3, -0.25) is 5.43 Å². The van der Waals surface area contributed by atoms with Gasteiger partial charge in [-0.15, -0.1) is 0 Å². The molecule has 8 nitrogen and oxygen atoms in total. The first-order valence-electron chi connectivity index (χ1n) is 7.08. The van der Waals surface area contributed by atoms with Gasteiger partial charge in [0, 0.05) is 19.6 Å². The number of nitrogens with zero attached hydrogens (tertiary/aromatic N) is 5. The molecule has 0 aliphatic carbocycles. The molecule has 0 spiro atoms. The summed E-state index contributed by atoms with van der Waals surface area (Å²) >= 11 is 0. The van der Waals surface area contributed by atoms with E-state index >= 15 is 0 Å². The Kier molecular flexibility index (Phi) is 4.91. The SMILES string of the molecule is CCN(CC)c1nc(NN)nc(N2CCCC2CO)n1. The van der Waals surface area contributed by atoms with Crippen molar-refractivity contribution in [3.63, 3.8) is 0 Å². The number of anilines is 3. The van der Waals surface area contributed by atoms with Crippen molar-refractivity contribution in [3.05, 3.63) is 0 Å². The molecule has 8 heteroatoms. The number of aromatic nitrogens is 3. The summed E-state index contributed by atoms with van der Waals surface area (Å²) in [5.74, 6) is 6.98. The average Bonchev–Trinajstić information content (AvgIpc) is 2.96. The van der Waals surface area contributed by atoms with Crippen molar-refractivity contribution in [3.8, 4) is 0 Å². The van der Waals surface area contributed by atoms with E-state index in [2.05, 4.69) is 34.2 Å². The van der Waals surface area contributed by atoms with Gasteiger partial charge in [0.15, 0.2) is 0 Å². The first-order chi connectivity index (χ1) is 9.73. The number of aliphatic hydroxyl groups excluding tert-OH is 1. The number of nitrogen functional groups attached to an aromatic ring is 1. The molecule has 2 rings (SSSR count). The van der Waals surface area contributed by atoms with E-state index in [4.69, 9.17) is 5.84 Å². The average molecular weight is 281 g/mol. The highest BCUT2D eigenvalue weighted by Gasteiger charge is 2.27. The van der Waals surface area contributed by atoms with Crippen LogP contribution in [0.3, 0.4) is 0 Å². The molecule has 1 aromatic rings. The molecule has 1 atom stereocenters. The van der Waals surface area contributed by atoms with Gasteiger partial charge in [-0.25, -0.2) is 5.84 Å². The van der Waals surface area contributed by atoms with E-state index in [0.29, 0.717) is 17.8 Å². The fraction of sp³-hybridized carbons (Fsp3) is 0.750. The zero-order chi connectivity index (χ0) is 14.5. The lowest BCUT2D eigenvalue weighted by Crippen LogP contribution is -2.35. The molecule has 4 N–H and O–H groups in total. The summed E-state index contributed by atoms with van der Waals surface area (Å²) in [5, 5.41) is 9.43. The Morgan fingerprint density at radius 2 is 2.10 bits per heavy atom. The Bertz CT molecular complexity index is 438. The van der Waals surface area contributed by atoms with Crippen LogP contribution in [0.2, 0.25) is 0 Å². The molecule has 1 aliphatic rings. The van der Waals surface area contributed by atoms with Crippen molar-refractivity contribution in [2.45, 2.75) is 32.7 Å². The summed E-state index contributed by atoms with van der Waals surface area (Å²) in [6.45, 7) is 6.68. The van der Waals surface area contributed by atoms with Crippen LogP contribution < -0.4 is 21.1 Å². The Morgan fingerprint density at radius 1 is 1.35 bits per heavy atom. The van der Waals surface area contributed by atoms with Crippen LogP contribution in [0.25, 0.3) is 0 Å². The highest BCUT2D eigenvalue weighted by molar-refractivity contribution is 5.46. The van der Waals surface area contributed by atoms with E-state index < -0.39 is 0 Å². The van der Waals surface area contributed by atoms with Crippen LogP contribution >= 0.6 is 0 Å². The number of nitrogens with two attached hydrogens (primary N) is 1. The zero-order valence-corrected chi connectivity index (χ0v) is 12.1. The molecule has 112 valence electrons. The Morgan fingerprint density at radius 3 is 2.70 bits per heavy atom. The molecule has 0 bridgehead atoms. The van der Waals surface area contributed by atoms with Crippen molar-refractivity contribution in [1.82, 2.24) is 15.0 Å². The van der Waals surface area contributed by atoms with Crippen molar-refractivity contribution >= 4 is 17.8 Å². The van der Waals surface area contributed by atoms with Gasteiger partial charge in [-0.2, -0.15) is 15.0 Å². The largest absolute Gasteiger partial charge is 0.394 e. The summed E-state index contributed by atoms with van der Waals surface area (Å²) < 4.78 is 0. The quantitative estimate of drug-likeness (QED) is 0.493. The first-order valence-corrected chi connectivity index (χ1v) is 7.08. The molecule has 20 heavy (non-hydrogen) atoms. The summed E-state index contributed by atoms with van der Waals surface area (Å²) in [7, 11) is 0. The smallest absolute Gasteiger partial charge is 0.243 e. The maximum Gasteiger partial charge on any atom is 0.243 e. The minimum atomic E-state index is 0.0765. The third kappa shape index (κ3) is 2.91. The monoisotopic (exact) mass is 281 g/mol. The molecular formula is C12H23N7O. The number of aliphatic hydroxyl groups is 1. The van der Waals surface area contributed by atoms with Crippen LogP contribution in [0.1, 0.15) is 26.7 Å². The number of rotatable bonds is 6. The summed E-state index contributed by atoms with van der Waals surface area (Å²) in [6, 6.07) is 0.0765. The molecular weight excluding hydrogens is 258 g/mol. The van der Waals surface area contributed by atoms with E-state index in [-0.39, 0.29) is 12.6 Å². The minimum absolute atomic E-state index is 0.0765. The molecule has 1 saturated heterocycles. The lowest BCUT2D eigenvalue weighted by atomic mass is 10.2. The predicted molar refractivity (Wildman–Crippen MR) is 78.7 cm³/mol. The molecule has 0 radical (unpaired) electrons. The van der Waals surface area contributed by atoms with E-state index in [0.717, 1.165) is 32.5 Å². The summed E-state index contributed by atoms with van der Waals surface area (Å²) in [6.07, 6.45) is 1.98. The molecule has 0 amide bonds. The van der Waals surface area contributed by atoms with Gasteiger partial charge in [-0.05, 0) is 26.7 Å². The fourth-order valence-electron chi connectivity index (χ4n) is 2.48. The second kappa shape index (κ2) is 6.67. The van der Waals surface area contributed by atoms with Crippen LogP contribution in [0.4, 0.5) is 17.8 Å². The van der Waals surface area contributed by atoms with E-state index in [9.17, 15) is 5.11 Å². The highest BCUT2D eigenvalue weighted by Crippen LogP contribution is 2.24. The van der Waals surface area contributed by atoms with Gasteiger partial charge >= 0.3 is 0 Å². The minimum Gasteiger partial charge on any atom is -0.394 e. The normalized spacial score (nSPS) is 18.4. The van der Waals surface area contributed by atoms with Crippen molar-refractivity contribution in [2.24, 2.45) is 5.84 Å². The van der Waals surface area contributed by atoms with E-state index in [1.165, 1.54) is 0 Å². The fourth-order valence-corrected chi connectivity index (χ4v) is 2.48. The number of hydrogen-bond acceptors (Lipinski definition) is 8. The number of nitrogens with one attached hydrogen (secondary N) is 1. The van der Waals surface area contributed by atoms with E-state index in [1.54, 1.807) is 0 Å². The summed E-state index contributed by atoms with van der Waals surface area (Å²) in [4.78, 5) is 17.2. The van der Waals surface area contributed by atoms with Crippen molar-refractivity contribution < 1.29 is 5.11 Å². The predicted octanol–water partition coefficient (Wildman–Crippen LogP) is -0.0355. The molecule has 1 unspecified atom stereocenters. The topological polar surface area (TPSA) is 103 Å². The van der Waals surface area contributed by atoms with Gasteiger partial charge in [0.1, 0.15) is 0 Å². The maximum atomic E-state index is 9.43. The van der Waals surface area contributed by atoms with Gasteiger partial charge in [0.25, 0.3) is 0 Å². The third-order valence-corrected chi connectivity index (χ3v) is 3.63. The Hall–Kier alpha value is -1.67. The van der Waals surface area contributed by atoms with Gasteiger partial charge in [0.05, 0.1) is 12.6 Å².